The molecule has 3 aromatic rings. The standard InChI is InChI=1S/C37H42N2O5/c1-25(33-30(40)23-36(5,6)24-31(33)41)38-29(34(43)44-35(2,3)4)22-32(42)39-37(26-16-10-7-11-17-26,27-18-12-8-13-19-27)28-20-14-9-15-21-28/h7-21,29,40H,22-24H2,1-6H3,(H,39,42)/t29-/m0/s1. The van der Waals surface area contributed by atoms with E-state index in [2.05, 4.69) is 10.3 Å². The summed E-state index contributed by atoms with van der Waals surface area (Å²) < 4.78 is 5.67. The van der Waals surface area contributed by atoms with Gasteiger partial charge in [0, 0.05) is 18.6 Å². The van der Waals surface area contributed by atoms with Gasteiger partial charge in [-0.25, -0.2) is 4.79 Å². The van der Waals surface area contributed by atoms with E-state index in [1.807, 2.05) is 105 Å². The van der Waals surface area contributed by atoms with Crippen molar-refractivity contribution in [3.63, 3.8) is 0 Å². The number of esters is 1. The Hall–Kier alpha value is -4.52. The molecule has 1 aliphatic rings. The smallest absolute Gasteiger partial charge is 0.331 e. The number of aliphatic imine (C=N–C) groups is 1. The fourth-order valence-corrected chi connectivity index (χ4v) is 5.77. The zero-order valence-corrected chi connectivity index (χ0v) is 26.4. The third kappa shape index (κ3) is 7.51. The Balaban J connectivity index is 1.78. The van der Waals surface area contributed by atoms with Gasteiger partial charge >= 0.3 is 5.97 Å². The van der Waals surface area contributed by atoms with E-state index in [1.165, 1.54) is 0 Å². The van der Waals surface area contributed by atoms with Crippen molar-refractivity contribution in [1.29, 1.82) is 0 Å². The maximum atomic E-state index is 14.1. The number of carbonyl (C=O) groups excluding carboxylic acids is 3. The molecule has 0 aliphatic heterocycles. The van der Waals surface area contributed by atoms with E-state index >= 15 is 0 Å². The average molecular weight is 595 g/mol. The van der Waals surface area contributed by atoms with Crippen molar-refractivity contribution in [2.24, 2.45) is 10.4 Å². The summed E-state index contributed by atoms with van der Waals surface area (Å²) in [5.41, 5.74) is 0.523. The summed E-state index contributed by atoms with van der Waals surface area (Å²) in [5, 5.41) is 14.0. The summed E-state index contributed by atoms with van der Waals surface area (Å²) in [5.74, 6) is -1.44. The zero-order valence-electron chi connectivity index (χ0n) is 26.4. The lowest BCUT2D eigenvalue weighted by atomic mass is 9.75. The van der Waals surface area contributed by atoms with Gasteiger partial charge in [0.25, 0.3) is 0 Å². The molecule has 0 saturated heterocycles. The molecule has 7 heteroatoms. The van der Waals surface area contributed by atoms with E-state index in [0.717, 1.165) is 16.7 Å². The number of ether oxygens (including phenoxy) is 1. The molecule has 1 aliphatic carbocycles. The molecule has 0 saturated carbocycles. The molecule has 0 unspecified atom stereocenters. The number of carbonyl (C=O) groups is 3. The maximum absolute atomic E-state index is 14.1. The van der Waals surface area contributed by atoms with Gasteiger partial charge in [0.2, 0.25) is 5.91 Å². The number of hydrogen-bond donors (Lipinski definition) is 2. The number of ketones is 1. The molecule has 1 amide bonds. The zero-order chi connectivity index (χ0) is 32.1. The van der Waals surface area contributed by atoms with Crippen LogP contribution in [0, 0.1) is 5.41 Å². The Kier molecular flexibility index (Phi) is 9.57. The van der Waals surface area contributed by atoms with E-state index in [9.17, 15) is 19.5 Å². The van der Waals surface area contributed by atoms with Gasteiger partial charge in [-0.15, -0.1) is 0 Å². The lowest BCUT2D eigenvalue weighted by Crippen LogP contribution is -2.49. The molecule has 0 radical (unpaired) electrons. The van der Waals surface area contributed by atoms with Crippen LogP contribution in [0.15, 0.2) is 107 Å². The maximum Gasteiger partial charge on any atom is 0.331 e. The molecule has 0 aromatic heterocycles. The second-order valence-electron chi connectivity index (χ2n) is 13.1. The van der Waals surface area contributed by atoms with E-state index in [1.54, 1.807) is 27.7 Å². The Morgan fingerprint density at radius 1 is 0.864 bits per heavy atom. The molecule has 7 nitrogen and oxygen atoms in total. The van der Waals surface area contributed by atoms with E-state index in [4.69, 9.17) is 4.74 Å². The van der Waals surface area contributed by atoms with Crippen LogP contribution in [0.25, 0.3) is 0 Å². The lowest BCUT2D eigenvalue weighted by Gasteiger charge is -2.37. The van der Waals surface area contributed by atoms with Crippen molar-refractivity contribution >= 4 is 23.4 Å². The summed E-state index contributed by atoms with van der Waals surface area (Å²) in [4.78, 5) is 45.2. The number of aliphatic hydroxyl groups is 1. The number of allylic oxidation sites excluding steroid dienone is 2. The van der Waals surface area contributed by atoms with Gasteiger partial charge < -0.3 is 15.2 Å². The monoisotopic (exact) mass is 594 g/mol. The fourth-order valence-electron chi connectivity index (χ4n) is 5.77. The Morgan fingerprint density at radius 3 is 1.73 bits per heavy atom. The highest BCUT2D eigenvalue weighted by molar-refractivity contribution is 6.22. The lowest BCUT2D eigenvalue weighted by molar-refractivity contribution is -0.157. The van der Waals surface area contributed by atoms with Crippen molar-refractivity contribution in [2.75, 3.05) is 0 Å². The van der Waals surface area contributed by atoms with Gasteiger partial charge in [-0.3, -0.25) is 14.6 Å². The highest BCUT2D eigenvalue weighted by atomic mass is 16.6. The molecule has 4 rings (SSSR count). The Labute approximate surface area is 260 Å². The quantitative estimate of drug-likeness (QED) is 0.160. The summed E-state index contributed by atoms with van der Waals surface area (Å²) >= 11 is 0. The fraction of sp³-hybridized carbons (Fsp3) is 0.351. The Bertz CT molecular complexity index is 1450. The number of amides is 1. The molecule has 2 N–H and O–H groups in total. The molecule has 0 heterocycles. The minimum atomic E-state index is -1.25. The minimum Gasteiger partial charge on any atom is -0.511 e. The first kappa shape index (κ1) is 32.4. The number of nitrogens with one attached hydrogen (secondary N) is 1. The summed E-state index contributed by atoms with van der Waals surface area (Å²) in [6.45, 7) is 10.6. The normalized spacial score (nSPS) is 16.3. The summed E-state index contributed by atoms with van der Waals surface area (Å²) in [6, 6.07) is 27.8. The average Bonchev–Trinajstić information content (AvgIpc) is 2.95. The summed E-state index contributed by atoms with van der Waals surface area (Å²) in [6.07, 6.45) is 0.213. The van der Waals surface area contributed by atoms with Crippen LogP contribution in [-0.4, -0.2) is 40.1 Å². The second kappa shape index (κ2) is 13.0. The highest BCUT2D eigenvalue weighted by Crippen LogP contribution is 2.38. The predicted octanol–water partition coefficient (Wildman–Crippen LogP) is 6.86. The highest BCUT2D eigenvalue weighted by Gasteiger charge is 2.40. The molecular formula is C37H42N2O5. The van der Waals surface area contributed by atoms with E-state index in [0.29, 0.717) is 6.42 Å². The van der Waals surface area contributed by atoms with Gasteiger partial charge in [0.15, 0.2) is 11.8 Å². The van der Waals surface area contributed by atoms with Crippen molar-refractivity contribution in [1.82, 2.24) is 5.32 Å². The molecule has 1 atom stereocenters. The first-order valence-corrected chi connectivity index (χ1v) is 14.9. The van der Waals surface area contributed by atoms with Gasteiger partial charge in [-0.2, -0.15) is 0 Å². The molecule has 0 spiro atoms. The van der Waals surface area contributed by atoms with Crippen molar-refractivity contribution in [3.05, 3.63) is 119 Å². The predicted molar refractivity (Wildman–Crippen MR) is 172 cm³/mol. The molecular weight excluding hydrogens is 552 g/mol. The first-order chi connectivity index (χ1) is 20.7. The van der Waals surface area contributed by atoms with Gasteiger partial charge in [0.05, 0.1) is 12.0 Å². The van der Waals surface area contributed by atoms with Crippen LogP contribution in [0.4, 0.5) is 0 Å². The van der Waals surface area contributed by atoms with Crippen LogP contribution < -0.4 is 5.32 Å². The third-order valence-corrected chi connectivity index (χ3v) is 7.57. The van der Waals surface area contributed by atoms with Crippen molar-refractivity contribution in [2.45, 2.75) is 78.0 Å². The molecule has 3 aromatic carbocycles. The van der Waals surface area contributed by atoms with Crippen LogP contribution in [0.5, 0.6) is 0 Å². The third-order valence-electron chi connectivity index (χ3n) is 7.57. The number of rotatable bonds is 9. The van der Waals surface area contributed by atoms with Crippen molar-refractivity contribution < 1.29 is 24.2 Å². The van der Waals surface area contributed by atoms with Crippen LogP contribution in [0.1, 0.15) is 77.5 Å². The van der Waals surface area contributed by atoms with Crippen LogP contribution in [0.3, 0.4) is 0 Å². The van der Waals surface area contributed by atoms with Crippen LogP contribution >= 0.6 is 0 Å². The largest absolute Gasteiger partial charge is 0.511 e. The minimum absolute atomic E-state index is 0.0591. The molecule has 230 valence electrons. The molecule has 0 fully saturated rings. The number of nitrogens with zero attached hydrogens (tertiary/aromatic N) is 1. The summed E-state index contributed by atoms with van der Waals surface area (Å²) in [7, 11) is 0. The van der Waals surface area contributed by atoms with E-state index in [-0.39, 0.29) is 41.1 Å². The molecule has 44 heavy (non-hydrogen) atoms. The van der Waals surface area contributed by atoms with Gasteiger partial charge in [-0.05, 0) is 49.8 Å². The van der Waals surface area contributed by atoms with E-state index < -0.39 is 29.1 Å². The SMILES string of the molecule is CC(=N[C@@H](CC(=O)NC(c1ccccc1)(c1ccccc1)c1ccccc1)C(=O)OC(C)(C)C)C1=C(O)CC(C)(C)CC1=O. The van der Waals surface area contributed by atoms with Crippen LogP contribution in [-0.2, 0) is 24.7 Å². The molecule has 0 bridgehead atoms. The van der Waals surface area contributed by atoms with Crippen molar-refractivity contribution in [3.8, 4) is 0 Å². The van der Waals surface area contributed by atoms with Crippen LogP contribution in [0.2, 0.25) is 0 Å². The van der Waals surface area contributed by atoms with Gasteiger partial charge in [-0.1, -0.05) is 105 Å². The topological polar surface area (TPSA) is 105 Å². The number of benzene rings is 3. The van der Waals surface area contributed by atoms with Gasteiger partial charge in [0.1, 0.15) is 16.9 Å². The number of Topliss-reactive ketones (excluding diaryl/α,β-unsaturated/α-hetero) is 1. The number of hydrogen-bond acceptors (Lipinski definition) is 6. The number of aliphatic hydroxyl groups excluding tert-OH is 1. The Morgan fingerprint density at radius 2 is 1.32 bits per heavy atom. The second-order valence-corrected chi connectivity index (χ2v) is 13.1. The first-order valence-electron chi connectivity index (χ1n) is 14.9.